The fourth-order valence-electron chi connectivity index (χ4n) is 5.59. The molecule has 5 rings (SSSR count). The topological polar surface area (TPSA) is 63.2 Å². The van der Waals surface area contributed by atoms with Gasteiger partial charge in [0.1, 0.15) is 5.82 Å². The molecule has 0 spiro atoms. The van der Waals surface area contributed by atoms with Crippen LogP contribution >= 0.6 is 0 Å². The fourth-order valence-corrected chi connectivity index (χ4v) is 5.59. The number of nitrogens with zero attached hydrogens (tertiary/aromatic N) is 4. The van der Waals surface area contributed by atoms with E-state index in [4.69, 9.17) is 7.48 Å². The highest BCUT2D eigenvalue weighted by atomic mass is 19.4. The Labute approximate surface area is 194 Å². The predicted molar refractivity (Wildman–Crippen MR) is 118 cm³/mol. The summed E-state index contributed by atoms with van der Waals surface area (Å²) < 4.78 is 62.8. The van der Waals surface area contributed by atoms with Crippen LogP contribution in [0, 0.1) is 17.3 Å². The van der Waals surface area contributed by atoms with Gasteiger partial charge in [-0.25, -0.2) is 0 Å². The first-order chi connectivity index (χ1) is 16.6. The summed E-state index contributed by atoms with van der Waals surface area (Å²) in [6.45, 7) is 3.60. The Kier molecular flexibility index (Phi) is 5.39. The van der Waals surface area contributed by atoms with E-state index in [1.807, 2.05) is 4.90 Å². The van der Waals surface area contributed by atoms with Crippen LogP contribution < -0.4 is 5.32 Å². The zero-order valence-electron chi connectivity index (χ0n) is 20.6. The second-order valence-electron chi connectivity index (χ2n) is 9.73. The lowest BCUT2D eigenvalue weighted by atomic mass is 9.83. The lowest BCUT2D eigenvalue weighted by Crippen LogP contribution is -2.33. The van der Waals surface area contributed by atoms with Crippen LogP contribution in [0.15, 0.2) is 30.5 Å². The van der Waals surface area contributed by atoms with E-state index in [1.165, 1.54) is 18.2 Å². The van der Waals surface area contributed by atoms with Gasteiger partial charge in [0.05, 0.1) is 5.69 Å². The summed E-state index contributed by atoms with van der Waals surface area (Å²) in [6, 6.07) is 6.14. The summed E-state index contributed by atoms with van der Waals surface area (Å²) in [5.41, 5.74) is -0.948. The van der Waals surface area contributed by atoms with E-state index < -0.39 is 18.4 Å². The molecule has 2 saturated heterocycles. The third kappa shape index (κ3) is 4.84. The zero-order chi connectivity index (χ0) is 24.8. The maximum Gasteiger partial charge on any atom is 0.434 e. The van der Waals surface area contributed by atoms with Gasteiger partial charge in [0, 0.05) is 53.3 Å². The summed E-state index contributed by atoms with van der Waals surface area (Å²) in [5, 5.41) is 11.6. The van der Waals surface area contributed by atoms with Gasteiger partial charge in [-0.2, -0.15) is 13.2 Å². The van der Waals surface area contributed by atoms with E-state index in [0.717, 1.165) is 38.4 Å². The highest BCUT2D eigenvalue weighted by molar-refractivity contribution is 5.62. The molecule has 1 N–H and O–H groups in total. The van der Waals surface area contributed by atoms with E-state index in [9.17, 15) is 13.2 Å². The molecule has 3 fully saturated rings. The molecular weight excluding hydrogens is 431 g/mol. The van der Waals surface area contributed by atoms with Gasteiger partial charge in [-0.1, -0.05) is 6.92 Å². The van der Waals surface area contributed by atoms with Crippen molar-refractivity contribution in [2.45, 2.75) is 44.8 Å². The maximum atomic E-state index is 13.3. The molecule has 2 aromatic heterocycles. The van der Waals surface area contributed by atoms with Crippen molar-refractivity contribution in [2.24, 2.45) is 17.3 Å². The minimum Gasteiger partial charge on any atom is -0.381 e. The number of nitrogens with one attached hydrogen (secondary N) is 1. The fraction of sp³-hybridized carbons (Fsp3) is 0.625. The molecule has 4 heterocycles. The first kappa shape index (κ1) is 20.1. The van der Waals surface area contributed by atoms with Gasteiger partial charge in [-0.05, 0) is 67.2 Å². The lowest BCUT2D eigenvalue weighted by Gasteiger charge is -2.29. The second-order valence-corrected chi connectivity index (χ2v) is 9.73. The molecule has 1 saturated carbocycles. The van der Waals surface area contributed by atoms with Crippen molar-refractivity contribution < 1.29 is 20.6 Å². The number of halogens is 3. The number of fused-ring (bicyclic) bond motifs is 1. The average Bonchev–Trinajstić information content (AvgIpc) is 3.31. The third-order valence-corrected chi connectivity index (χ3v) is 7.22. The van der Waals surface area contributed by atoms with Crippen molar-refractivity contribution in [2.75, 3.05) is 38.1 Å². The third-order valence-electron chi connectivity index (χ3n) is 7.22. The van der Waals surface area contributed by atoms with E-state index in [1.54, 1.807) is 6.07 Å². The van der Waals surface area contributed by atoms with Crippen LogP contribution in [0.5, 0.6) is 0 Å². The van der Waals surface area contributed by atoms with Crippen molar-refractivity contribution in [3.63, 3.8) is 0 Å². The molecule has 0 unspecified atom stereocenters. The van der Waals surface area contributed by atoms with Gasteiger partial charge in [-0.15, -0.1) is 10.2 Å². The van der Waals surface area contributed by atoms with Gasteiger partial charge < -0.3 is 15.0 Å². The molecule has 6 nitrogen and oxygen atoms in total. The first-order valence-corrected chi connectivity index (χ1v) is 11.5. The average molecular weight is 464 g/mol. The Bertz CT molecular complexity index is 1050. The van der Waals surface area contributed by atoms with Crippen LogP contribution in [0.1, 0.15) is 41.0 Å². The van der Waals surface area contributed by atoms with Gasteiger partial charge in [0.2, 0.25) is 0 Å². The molecular formula is C24H30F3N5O. The number of rotatable bonds is 5. The van der Waals surface area contributed by atoms with Crippen molar-refractivity contribution >= 4 is 5.82 Å². The zero-order valence-corrected chi connectivity index (χ0v) is 18.6. The Hall–Kier alpha value is -2.26. The molecule has 178 valence electrons. The summed E-state index contributed by atoms with van der Waals surface area (Å²) >= 11 is 0. The molecule has 0 bridgehead atoms. The first-order valence-electron chi connectivity index (χ1n) is 12.5. The van der Waals surface area contributed by atoms with Crippen LogP contribution in [0.4, 0.5) is 19.0 Å². The van der Waals surface area contributed by atoms with Crippen molar-refractivity contribution in [1.29, 1.82) is 0 Å². The highest BCUT2D eigenvalue weighted by Gasteiger charge is 2.49. The Morgan fingerprint density at radius 3 is 2.76 bits per heavy atom. The monoisotopic (exact) mass is 463 g/mol. The quantitative estimate of drug-likeness (QED) is 0.705. The molecule has 9 heteroatoms. The smallest absolute Gasteiger partial charge is 0.381 e. The summed E-state index contributed by atoms with van der Waals surface area (Å²) in [5.74, 6) is 0.889. The second kappa shape index (κ2) is 8.83. The van der Waals surface area contributed by atoms with E-state index in [2.05, 4.69) is 27.4 Å². The van der Waals surface area contributed by atoms with Crippen molar-refractivity contribution in [3.8, 4) is 11.3 Å². The summed E-state index contributed by atoms with van der Waals surface area (Å²) in [4.78, 5) is 5.51. The molecule has 33 heavy (non-hydrogen) atoms. The number of alkyl halides is 3. The van der Waals surface area contributed by atoms with Crippen molar-refractivity contribution in [3.05, 3.63) is 36.2 Å². The van der Waals surface area contributed by atoms with Crippen LogP contribution in [-0.2, 0) is 10.9 Å². The van der Waals surface area contributed by atoms with E-state index >= 15 is 0 Å². The molecule has 3 aliphatic rings. The van der Waals surface area contributed by atoms with Gasteiger partial charge >= 0.3 is 6.18 Å². The Morgan fingerprint density at radius 1 is 1.24 bits per heavy atom. The van der Waals surface area contributed by atoms with Gasteiger partial charge in [0.15, 0.2) is 5.69 Å². The Balaban J connectivity index is 1.22. The van der Waals surface area contributed by atoms with Crippen LogP contribution in [0.2, 0.25) is 0 Å². The summed E-state index contributed by atoms with van der Waals surface area (Å²) in [6.07, 6.45) is -0.173. The van der Waals surface area contributed by atoms with Crippen LogP contribution in [0.3, 0.4) is 0 Å². The van der Waals surface area contributed by atoms with Gasteiger partial charge in [0.25, 0.3) is 0 Å². The van der Waals surface area contributed by atoms with E-state index in [0.29, 0.717) is 31.5 Å². The molecule has 3 atom stereocenters. The lowest BCUT2D eigenvalue weighted by molar-refractivity contribution is -0.140. The summed E-state index contributed by atoms with van der Waals surface area (Å²) in [7, 11) is 0. The van der Waals surface area contributed by atoms with Crippen molar-refractivity contribution in [1.82, 2.24) is 20.1 Å². The number of hydrogen-bond acceptors (Lipinski definition) is 6. The minimum absolute atomic E-state index is 0.000864. The predicted octanol–water partition coefficient (Wildman–Crippen LogP) is 4.50. The number of aromatic nitrogens is 3. The van der Waals surface area contributed by atoms with E-state index in [-0.39, 0.29) is 28.6 Å². The van der Waals surface area contributed by atoms with Gasteiger partial charge in [-0.3, -0.25) is 4.98 Å². The van der Waals surface area contributed by atoms with Crippen LogP contribution in [-0.4, -0.2) is 58.9 Å². The molecule has 2 aliphatic heterocycles. The molecule has 2 aromatic rings. The maximum absolute atomic E-state index is 13.3. The number of pyridine rings is 1. The molecule has 0 amide bonds. The Morgan fingerprint density at radius 2 is 2.06 bits per heavy atom. The number of anilines is 1. The number of ether oxygens (including phenoxy) is 1. The number of hydrogen-bond donors (Lipinski definition) is 1. The standard InChI is InChI=1S/C24H30F3N5O/c1-23-12-18(11-17(23)14-32(15-23)13-16-6-9-33-10-7-16)29-21-5-4-20(30-31-21)19-3-2-8-28-22(19)24(25,26)27/h2-5,8,16-18H,6-7,9-15H2,1H3,(H,29,31)/t17-,18+,23+/m0/s1/i13D2. The highest BCUT2D eigenvalue weighted by Crippen LogP contribution is 2.49. The molecule has 1 aliphatic carbocycles. The SMILES string of the molecule is [2H]C([2H])(C1CCOCC1)N1C[C@@H]2C[C@@H](Nc3ccc(-c4cccnc4C(F)(F)F)nn3)C[C@]2(C)C1. The minimum atomic E-state index is -4.57. The normalized spacial score (nSPS) is 30.1. The largest absolute Gasteiger partial charge is 0.434 e. The molecule has 0 aromatic carbocycles. The number of likely N-dealkylation sites (tertiary alicyclic amines) is 1. The van der Waals surface area contributed by atoms with Crippen LogP contribution in [0.25, 0.3) is 11.3 Å². The molecule has 0 radical (unpaired) electrons.